The molecule has 0 aliphatic carbocycles. The lowest BCUT2D eigenvalue weighted by Crippen LogP contribution is -2.05. The van der Waals surface area contributed by atoms with Crippen molar-refractivity contribution >= 4 is 23.4 Å². The molecule has 82 valence electrons. The van der Waals surface area contributed by atoms with E-state index >= 15 is 0 Å². The Kier molecular flexibility index (Phi) is 3.73. The van der Waals surface area contributed by atoms with Crippen LogP contribution in [0.25, 0.3) is 11.0 Å². The van der Waals surface area contributed by atoms with Crippen LogP contribution < -0.4 is 11.2 Å². The molecule has 1 heterocycles. The second-order valence-electron chi connectivity index (χ2n) is 3.14. The van der Waals surface area contributed by atoms with Crippen LogP contribution in [0.2, 0.25) is 0 Å². The van der Waals surface area contributed by atoms with E-state index in [4.69, 9.17) is 16.6 Å². The largest absolute Gasteiger partial charge is 0.459 e. The van der Waals surface area contributed by atoms with E-state index in [-0.39, 0.29) is 24.4 Å². The Morgan fingerprint density at radius 2 is 2.12 bits per heavy atom. The molecule has 0 unspecified atom stereocenters. The molecular formula is C12H10ClNO2. The predicted octanol–water partition coefficient (Wildman–Crippen LogP) is 1.65. The molecule has 0 radical (unpaired) electrons. The maximum Gasteiger partial charge on any atom is 0.193 e. The van der Waals surface area contributed by atoms with Crippen LogP contribution in [-0.2, 0) is 6.54 Å². The van der Waals surface area contributed by atoms with Gasteiger partial charge >= 0.3 is 0 Å². The van der Waals surface area contributed by atoms with Crippen molar-refractivity contribution in [3.63, 3.8) is 0 Å². The summed E-state index contributed by atoms with van der Waals surface area (Å²) in [6.07, 6.45) is 5.24. The fraction of sp³-hybridized carbons (Fsp3) is 0.0833. The van der Waals surface area contributed by atoms with Crippen molar-refractivity contribution in [1.29, 1.82) is 0 Å². The molecule has 4 heteroatoms. The van der Waals surface area contributed by atoms with Crippen LogP contribution in [0.1, 0.15) is 11.3 Å². The molecule has 2 rings (SSSR count). The molecule has 2 aromatic rings. The van der Waals surface area contributed by atoms with Crippen molar-refractivity contribution in [3.05, 3.63) is 45.8 Å². The Balaban J connectivity index is 0.00000128. The molecule has 1 aromatic heterocycles. The number of hydrogen-bond donors (Lipinski definition) is 1. The van der Waals surface area contributed by atoms with Gasteiger partial charge in [0.1, 0.15) is 11.3 Å². The van der Waals surface area contributed by atoms with Gasteiger partial charge in [-0.05, 0) is 18.2 Å². The number of fused-ring (bicyclic) bond motifs is 1. The molecule has 3 nitrogen and oxygen atoms in total. The number of nitrogens with two attached hydrogens (primary N) is 1. The molecular weight excluding hydrogens is 226 g/mol. The minimum Gasteiger partial charge on any atom is -0.459 e. The van der Waals surface area contributed by atoms with E-state index in [0.717, 1.165) is 0 Å². The van der Waals surface area contributed by atoms with Gasteiger partial charge in [0.2, 0.25) is 0 Å². The maximum absolute atomic E-state index is 11.6. The summed E-state index contributed by atoms with van der Waals surface area (Å²) in [4.78, 5) is 11.6. The molecule has 0 atom stereocenters. The Bertz CT molecular complexity index is 610. The summed E-state index contributed by atoms with van der Waals surface area (Å²) in [6.45, 7) is 0.210. The highest BCUT2D eigenvalue weighted by Crippen LogP contribution is 2.13. The topological polar surface area (TPSA) is 56.2 Å². The molecule has 0 bridgehead atoms. The standard InChI is InChI=1S/C12H9NO2.ClH/c1-2-8-3-4-12-10(5-8)11(14)6-9(7-13)15-12;/h1,3-6H,7,13H2;1H. The molecule has 2 N–H and O–H groups in total. The van der Waals surface area contributed by atoms with Gasteiger partial charge in [0.25, 0.3) is 0 Å². The van der Waals surface area contributed by atoms with E-state index < -0.39 is 0 Å². The van der Waals surface area contributed by atoms with Crippen LogP contribution >= 0.6 is 12.4 Å². The SMILES string of the molecule is C#Cc1ccc2oc(CN)cc(=O)c2c1.Cl. The molecule has 0 aliphatic heterocycles. The van der Waals surface area contributed by atoms with E-state index in [1.165, 1.54) is 6.07 Å². The average Bonchev–Trinajstić information content (AvgIpc) is 2.28. The maximum atomic E-state index is 11.6. The Morgan fingerprint density at radius 1 is 1.38 bits per heavy atom. The first-order valence-electron chi connectivity index (χ1n) is 4.48. The first kappa shape index (κ1) is 12.3. The summed E-state index contributed by atoms with van der Waals surface area (Å²) in [7, 11) is 0. The number of halogens is 1. The minimum absolute atomic E-state index is 0. The Hall–Kier alpha value is -1.76. The Labute approximate surface area is 98.7 Å². The molecule has 0 saturated heterocycles. The highest BCUT2D eigenvalue weighted by atomic mass is 35.5. The third-order valence-electron chi connectivity index (χ3n) is 2.15. The van der Waals surface area contributed by atoms with Gasteiger partial charge in [0, 0.05) is 11.6 Å². The summed E-state index contributed by atoms with van der Waals surface area (Å²) in [5.74, 6) is 2.94. The van der Waals surface area contributed by atoms with Crippen LogP contribution in [0.3, 0.4) is 0 Å². The van der Waals surface area contributed by atoms with Gasteiger partial charge in [-0.25, -0.2) is 0 Å². The van der Waals surface area contributed by atoms with E-state index in [1.807, 2.05) is 0 Å². The fourth-order valence-corrected chi connectivity index (χ4v) is 1.40. The van der Waals surface area contributed by atoms with Gasteiger partial charge in [-0.2, -0.15) is 0 Å². The molecule has 16 heavy (non-hydrogen) atoms. The third-order valence-corrected chi connectivity index (χ3v) is 2.15. The van der Waals surface area contributed by atoms with Crippen LogP contribution in [0.4, 0.5) is 0 Å². The first-order chi connectivity index (χ1) is 7.24. The summed E-state index contributed by atoms with van der Waals surface area (Å²) >= 11 is 0. The summed E-state index contributed by atoms with van der Waals surface area (Å²) in [6, 6.07) is 6.45. The van der Waals surface area contributed by atoms with Crippen LogP contribution in [0.15, 0.2) is 33.5 Å². The van der Waals surface area contributed by atoms with E-state index in [1.54, 1.807) is 18.2 Å². The second kappa shape index (κ2) is 4.84. The highest BCUT2D eigenvalue weighted by Gasteiger charge is 2.03. The van der Waals surface area contributed by atoms with Crippen molar-refractivity contribution < 1.29 is 4.42 Å². The van der Waals surface area contributed by atoms with Crippen molar-refractivity contribution in [1.82, 2.24) is 0 Å². The molecule has 0 aliphatic rings. The lowest BCUT2D eigenvalue weighted by atomic mass is 10.1. The van der Waals surface area contributed by atoms with Gasteiger partial charge < -0.3 is 10.2 Å². The summed E-state index contributed by atoms with van der Waals surface area (Å²) < 4.78 is 5.40. The van der Waals surface area contributed by atoms with Gasteiger partial charge in [0.15, 0.2) is 5.43 Å². The number of hydrogen-bond acceptors (Lipinski definition) is 3. The van der Waals surface area contributed by atoms with E-state index in [9.17, 15) is 4.79 Å². The van der Waals surface area contributed by atoms with Gasteiger partial charge in [-0.3, -0.25) is 4.79 Å². The first-order valence-corrected chi connectivity index (χ1v) is 4.48. The van der Waals surface area contributed by atoms with Crippen molar-refractivity contribution in [2.75, 3.05) is 0 Å². The molecule has 0 amide bonds. The number of rotatable bonds is 1. The zero-order valence-corrected chi connectivity index (χ0v) is 9.21. The van der Waals surface area contributed by atoms with Crippen LogP contribution in [0, 0.1) is 12.3 Å². The van der Waals surface area contributed by atoms with Gasteiger partial charge in [-0.15, -0.1) is 18.8 Å². The smallest absolute Gasteiger partial charge is 0.193 e. The van der Waals surface area contributed by atoms with Crippen molar-refractivity contribution in [2.45, 2.75) is 6.54 Å². The fourth-order valence-electron chi connectivity index (χ4n) is 1.40. The van der Waals surface area contributed by atoms with E-state index in [0.29, 0.717) is 22.3 Å². The van der Waals surface area contributed by atoms with E-state index in [2.05, 4.69) is 5.92 Å². The summed E-state index contributed by atoms with van der Waals surface area (Å²) in [5, 5.41) is 0.489. The summed E-state index contributed by atoms with van der Waals surface area (Å²) in [5.41, 5.74) is 6.46. The monoisotopic (exact) mass is 235 g/mol. The van der Waals surface area contributed by atoms with Crippen molar-refractivity contribution in [3.8, 4) is 12.3 Å². The third kappa shape index (κ3) is 2.08. The number of benzene rings is 1. The average molecular weight is 236 g/mol. The molecule has 1 aromatic carbocycles. The normalized spacial score (nSPS) is 9.50. The van der Waals surface area contributed by atoms with Crippen molar-refractivity contribution in [2.24, 2.45) is 5.73 Å². The molecule has 0 spiro atoms. The van der Waals surface area contributed by atoms with Crippen LogP contribution in [-0.4, -0.2) is 0 Å². The van der Waals surface area contributed by atoms with Crippen LogP contribution in [0.5, 0.6) is 0 Å². The van der Waals surface area contributed by atoms with Gasteiger partial charge in [0.05, 0.1) is 11.9 Å². The lowest BCUT2D eigenvalue weighted by Gasteiger charge is -2.00. The number of terminal acetylenes is 1. The zero-order valence-electron chi connectivity index (χ0n) is 8.40. The highest BCUT2D eigenvalue weighted by molar-refractivity contribution is 5.85. The predicted molar refractivity (Wildman–Crippen MR) is 65.6 cm³/mol. The molecule has 0 fully saturated rings. The molecule has 0 saturated carbocycles. The second-order valence-corrected chi connectivity index (χ2v) is 3.14. The lowest BCUT2D eigenvalue weighted by molar-refractivity contribution is 0.539. The Morgan fingerprint density at radius 3 is 2.75 bits per heavy atom. The quantitative estimate of drug-likeness (QED) is 0.765. The van der Waals surface area contributed by atoms with Gasteiger partial charge in [-0.1, -0.05) is 5.92 Å². The zero-order chi connectivity index (χ0) is 10.8. The minimum atomic E-state index is -0.117.